The van der Waals surface area contributed by atoms with Gasteiger partial charge >= 0.3 is 0 Å². The molecule has 0 aliphatic heterocycles. The molecule has 22 heavy (non-hydrogen) atoms. The number of aryl methyl sites for hydroxylation is 2. The molecule has 0 saturated heterocycles. The lowest BCUT2D eigenvalue weighted by Gasteiger charge is -2.11. The Hall–Kier alpha value is -1.57. The zero-order chi connectivity index (χ0) is 16.5. The van der Waals surface area contributed by atoms with Gasteiger partial charge in [0.25, 0.3) is 0 Å². The molecule has 0 unspecified atom stereocenters. The first-order valence-electron chi connectivity index (χ1n) is 6.58. The highest BCUT2D eigenvalue weighted by Crippen LogP contribution is 2.27. The molecule has 0 bridgehead atoms. The summed E-state index contributed by atoms with van der Waals surface area (Å²) in [6, 6.07) is 4.47. The van der Waals surface area contributed by atoms with Crippen LogP contribution in [0, 0.1) is 13.8 Å². The summed E-state index contributed by atoms with van der Waals surface area (Å²) in [4.78, 5) is 0.0155. The van der Waals surface area contributed by atoms with Crippen LogP contribution in [0.3, 0.4) is 0 Å². The van der Waals surface area contributed by atoms with Crippen molar-refractivity contribution in [2.75, 3.05) is 7.11 Å². The van der Waals surface area contributed by atoms with E-state index in [2.05, 4.69) is 9.82 Å². The van der Waals surface area contributed by atoms with Crippen molar-refractivity contribution in [3.8, 4) is 5.75 Å². The van der Waals surface area contributed by atoms with Crippen LogP contribution in [-0.4, -0.2) is 25.3 Å². The van der Waals surface area contributed by atoms with Gasteiger partial charge in [0.1, 0.15) is 10.6 Å². The zero-order valence-electron chi connectivity index (χ0n) is 12.8. The molecule has 8 heteroatoms. The first kappa shape index (κ1) is 16.8. The van der Waals surface area contributed by atoms with Gasteiger partial charge in [0, 0.05) is 29.9 Å². The van der Waals surface area contributed by atoms with E-state index >= 15 is 0 Å². The van der Waals surface area contributed by atoms with Crippen LogP contribution in [0.25, 0.3) is 0 Å². The Labute approximate surface area is 135 Å². The number of hydrogen-bond acceptors (Lipinski definition) is 4. The maximum atomic E-state index is 12.5. The van der Waals surface area contributed by atoms with Crippen molar-refractivity contribution in [3.63, 3.8) is 0 Å². The maximum Gasteiger partial charge on any atom is 0.244 e. The Balaban J connectivity index is 2.31. The minimum atomic E-state index is -3.74. The van der Waals surface area contributed by atoms with Gasteiger partial charge in [-0.2, -0.15) is 5.10 Å². The van der Waals surface area contributed by atoms with Crippen LogP contribution in [0.15, 0.2) is 23.1 Å². The van der Waals surface area contributed by atoms with E-state index in [0.29, 0.717) is 5.02 Å². The highest BCUT2D eigenvalue weighted by Gasteiger charge is 2.21. The number of hydrogen-bond donors (Lipinski definition) is 1. The molecule has 2 aromatic rings. The quantitative estimate of drug-likeness (QED) is 0.903. The highest BCUT2D eigenvalue weighted by atomic mass is 35.5. The summed E-state index contributed by atoms with van der Waals surface area (Å²) in [5, 5.41) is 4.60. The lowest BCUT2D eigenvalue weighted by molar-refractivity contribution is 0.402. The van der Waals surface area contributed by atoms with E-state index < -0.39 is 10.0 Å². The number of aromatic nitrogens is 2. The van der Waals surface area contributed by atoms with Gasteiger partial charge in [-0.25, -0.2) is 13.1 Å². The molecule has 1 N–H and O–H groups in total. The number of rotatable bonds is 5. The summed E-state index contributed by atoms with van der Waals surface area (Å²) in [5.41, 5.74) is 2.56. The van der Waals surface area contributed by atoms with E-state index in [9.17, 15) is 8.42 Å². The first-order valence-corrected chi connectivity index (χ1v) is 8.44. The Morgan fingerprint density at radius 1 is 1.36 bits per heavy atom. The molecule has 1 heterocycles. The van der Waals surface area contributed by atoms with Crippen molar-refractivity contribution in [1.29, 1.82) is 0 Å². The molecule has 0 aliphatic carbocycles. The number of sulfonamides is 1. The average Bonchev–Trinajstić information content (AvgIpc) is 2.70. The van der Waals surface area contributed by atoms with E-state index in [4.69, 9.17) is 16.3 Å². The SMILES string of the molecule is COc1ccc(Cl)cc1S(=O)(=O)NCc1c(C)nn(C)c1C. The standard InChI is InChI=1S/C14H18ClN3O3S/c1-9-12(10(2)18(3)17-9)8-16-22(19,20)14-7-11(15)5-6-13(14)21-4/h5-7,16H,8H2,1-4H3. The predicted octanol–water partition coefficient (Wildman–Crippen LogP) is 2.18. The predicted molar refractivity (Wildman–Crippen MR) is 84.7 cm³/mol. The fraction of sp³-hybridized carbons (Fsp3) is 0.357. The smallest absolute Gasteiger partial charge is 0.244 e. The molecule has 1 aromatic heterocycles. The molecule has 6 nitrogen and oxygen atoms in total. The number of nitrogens with zero attached hydrogens (tertiary/aromatic N) is 2. The minimum Gasteiger partial charge on any atom is -0.495 e. The maximum absolute atomic E-state index is 12.5. The molecule has 0 radical (unpaired) electrons. The van der Waals surface area contributed by atoms with Crippen LogP contribution in [0.5, 0.6) is 5.75 Å². The fourth-order valence-corrected chi connectivity index (χ4v) is 3.60. The van der Waals surface area contributed by atoms with Crippen molar-refractivity contribution >= 4 is 21.6 Å². The van der Waals surface area contributed by atoms with Crippen molar-refractivity contribution < 1.29 is 13.2 Å². The van der Waals surface area contributed by atoms with Gasteiger partial charge in [-0.05, 0) is 32.0 Å². The number of methoxy groups -OCH3 is 1. The highest BCUT2D eigenvalue weighted by molar-refractivity contribution is 7.89. The van der Waals surface area contributed by atoms with Gasteiger partial charge in [-0.3, -0.25) is 4.68 Å². The van der Waals surface area contributed by atoms with Gasteiger partial charge in [0.2, 0.25) is 10.0 Å². The number of halogens is 1. The zero-order valence-corrected chi connectivity index (χ0v) is 14.4. The number of nitrogens with one attached hydrogen (secondary N) is 1. The van der Waals surface area contributed by atoms with Gasteiger partial charge in [-0.1, -0.05) is 11.6 Å². The molecular weight excluding hydrogens is 326 g/mol. The average molecular weight is 344 g/mol. The third-order valence-electron chi connectivity index (χ3n) is 3.51. The molecule has 0 aliphatic rings. The Morgan fingerprint density at radius 3 is 2.59 bits per heavy atom. The summed E-state index contributed by atoms with van der Waals surface area (Å²) in [5.74, 6) is 0.247. The molecule has 120 valence electrons. The summed E-state index contributed by atoms with van der Waals surface area (Å²) < 4.78 is 34.4. The van der Waals surface area contributed by atoms with E-state index in [1.807, 2.05) is 20.9 Å². The monoisotopic (exact) mass is 343 g/mol. The third kappa shape index (κ3) is 3.26. The van der Waals surface area contributed by atoms with Gasteiger partial charge in [0.05, 0.1) is 12.8 Å². The summed E-state index contributed by atoms with van der Waals surface area (Å²) in [6.07, 6.45) is 0. The van der Waals surface area contributed by atoms with Crippen molar-refractivity contribution in [2.24, 2.45) is 7.05 Å². The molecule has 0 spiro atoms. The summed E-state index contributed by atoms with van der Waals surface area (Å²) in [6.45, 7) is 3.89. The molecule has 0 saturated carbocycles. The van der Waals surface area contributed by atoms with E-state index in [0.717, 1.165) is 17.0 Å². The number of benzene rings is 1. The van der Waals surface area contributed by atoms with Crippen LogP contribution in [0.2, 0.25) is 5.02 Å². The fourth-order valence-electron chi connectivity index (χ4n) is 2.18. The van der Waals surface area contributed by atoms with Crippen LogP contribution >= 0.6 is 11.6 Å². The topological polar surface area (TPSA) is 73.2 Å². The Bertz CT molecular complexity index is 800. The second-order valence-electron chi connectivity index (χ2n) is 4.89. The lowest BCUT2D eigenvalue weighted by atomic mass is 10.2. The van der Waals surface area contributed by atoms with Crippen LogP contribution < -0.4 is 9.46 Å². The van der Waals surface area contributed by atoms with Gasteiger partial charge in [-0.15, -0.1) is 0 Å². The van der Waals surface area contributed by atoms with Crippen molar-refractivity contribution in [1.82, 2.24) is 14.5 Å². The largest absolute Gasteiger partial charge is 0.495 e. The van der Waals surface area contributed by atoms with Gasteiger partial charge < -0.3 is 4.74 Å². The molecule has 2 rings (SSSR count). The van der Waals surface area contributed by atoms with Crippen LogP contribution in [0.4, 0.5) is 0 Å². The van der Waals surface area contributed by atoms with E-state index in [1.54, 1.807) is 10.7 Å². The van der Waals surface area contributed by atoms with Crippen molar-refractivity contribution in [2.45, 2.75) is 25.3 Å². The molecular formula is C14H18ClN3O3S. The van der Waals surface area contributed by atoms with E-state index in [-0.39, 0.29) is 17.2 Å². The number of ether oxygens (including phenoxy) is 1. The second kappa shape index (κ2) is 6.28. The second-order valence-corrected chi connectivity index (χ2v) is 7.06. The first-order chi connectivity index (χ1) is 10.3. The Morgan fingerprint density at radius 2 is 2.05 bits per heavy atom. The van der Waals surface area contributed by atoms with Gasteiger partial charge in [0.15, 0.2) is 0 Å². The van der Waals surface area contributed by atoms with Crippen molar-refractivity contribution in [3.05, 3.63) is 40.2 Å². The lowest BCUT2D eigenvalue weighted by Crippen LogP contribution is -2.24. The molecule has 0 atom stereocenters. The van der Waals surface area contributed by atoms with E-state index in [1.165, 1.54) is 19.2 Å². The molecule has 0 fully saturated rings. The Kier molecular flexibility index (Phi) is 4.79. The minimum absolute atomic E-state index is 0.0155. The van der Waals surface area contributed by atoms with Crippen LogP contribution in [-0.2, 0) is 23.6 Å². The third-order valence-corrected chi connectivity index (χ3v) is 5.17. The molecule has 1 aromatic carbocycles. The summed E-state index contributed by atoms with van der Waals surface area (Å²) >= 11 is 5.89. The normalized spacial score (nSPS) is 11.7. The van der Waals surface area contributed by atoms with Crippen LogP contribution in [0.1, 0.15) is 17.0 Å². The summed E-state index contributed by atoms with van der Waals surface area (Å²) in [7, 11) is -0.510. The molecule has 0 amide bonds.